The topological polar surface area (TPSA) is 30.0 Å². The molecule has 84 valence electrons. The largest absolute Gasteiger partial charge is 0.299 e. The zero-order valence-electron chi connectivity index (χ0n) is 9.91. The van der Waals surface area contributed by atoms with Gasteiger partial charge in [0.25, 0.3) is 0 Å². The van der Waals surface area contributed by atoms with Crippen molar-refractivity contribution in [2.45, 2.75) is 40.5 Å². The number of rotatable bonds is 4. The molecule has 0 N–H and O–H groups in total. The molecule has 0 saturated heterocycles. The van der Waals surface area contributed by atoms with Crippen LogP contribution in [0.4, 0.5) is 0 Å². The third-order valence-electron chi connectivity index (χ3n) is 2.84. The van der Waals surface area contributed by atoms with Crippen LogP contribution in [-0.2, 0) is 11.2 Å². The molecule has 0 aromatic carbocycles. The number of thiazole rings is 1. The predicted molar refractivity (Wildman–Crippen MR) is 64.1 cm³/mol. The van der Waals surface area contributed by atoms with Crippen LogP contribution in [0.2, 0.25) is 0 Å². The summed E-state index contributed by atoms with van der Waals surface area (Å²) in [6, 6.07) is 0. The Balaban J connectivity index is 2.43. The molecular formula is C12H19NOS. The van der Waals surface area contributed by atoms with Gasteiger partial charge in [0, 0.05) is 18.0 Å². The Labute approximate surface area is 95.7 Å². The number of hydrogen-bond acceptors (Lipinski definition) is 3. The number of aromatic nitrogens is 1. The maximum absolute atomic E-state index is 11.7. The Morgan fingerprint density at radius 1 is 1.53 bits per heavy atom. The summed E-state index contributed by atoms with van der Waals surface area (Å²) in [6.07, 6.45) is 2.90. The van der Waals surface area contributed by atoms with Gasteiger partial charge in [-0.1, -0.05) is 27.7 Å². The van der Waals surface area contributed by atoms with Gasteiger partial charge in [-0.25, -0.2) is 4.98 Å². The van der Waals surface area contributed by atoms with Gasteiger partial charge < -0.3 is 0 Å². The third-order valence-corrected chi connectivity index (χ3v) is 3.62. The van der Waals surface area contributed by atoms with E-state index < -0.39 is 0 Å². The van der Waals surface area contributed by atoms with Gasteiger partial charge in [-0.05, 0) is 11.3 Å². The fraction of sp³-hybridized carbons (Fsp3) is 0.667. The van der Waals surface area contributed by atoms with Crippen LogP contribution in [0.3, 0.4) is 0 Å². The van der Waals surface area contributed by atoms with E-state index in [0.29, 0.717) is 24.5 Å². The average Bonchev–Trinajstić information content (AvgIpc) is 2.54. The molecule has 3 heteroatoms. The van der Waals surface area contributed by atoms with Crippen LogP contribution in [0, 0.1) is 11.3 Å². The quantitative estimate of drug-likeness (QED) is 0.786. The lowest BCUT2D eigenvalue weighted by atomic mass is 9.79. The minimum atomic E-state index is 0.207. The normalized spacial score (nSPS) is 13.9. The SMILES string of the molecule is CC(CC(=O)Cc1nccs1)C(C)(C)C. The minimum Gasteiger partial charge on any atom is -0.299 e. The molecule has 0 saturated carbocycles. The second kappa shape index (κ2) is 4.88. The number of carbonyl (C=O) groups is 1. The van der Waals surface area contributed by atoms with Crippen molar-refractivity contribution in [1.29, 1.82) is 0 Å². The Hall–Kier alpha value is -0.700. The Morgan fingerprint density at radius 3 is 2.67 bits per heavy atom. The first-order valence-corrected chi connectivity index (χ1v) is 6.17. The smallest absolute Gasteiger partial charge is 0.139 e. The zero-order chi connectivity index (χ0) is 11.5. The predicted octanol–water partition coefficient (Wildman–Crippen LogP) is 3.33. The Bertz CT molecular complexity index is 311. The van der Waals surface area contributed by atoms with E-state index in [4.69, 9.17) is 0 Å². The average molecular weight is 225 g/mol. The molecule has 1 aromatic heterocycles. The zero-order valence-corrected chi connectivity index (χ0v) is 10.7. The molecule has 1 heterocycles. The minimum absolute atomic E-state index is 0.207. The van der Waals surface area contributed by atoms with Crippen LogP contribution in [-0.4, -0.2) is 10.8 Å². The fourth-order valence-electron chi connectivity index (χ4n) is 1.23. The van der Waals surface area contributed by atoms with Crippen LogP contribution in [0.1, 0.15) is 39.1 Å². The highest BCUT2D eigenvalue weighted by molar-refractivity contribution is 7.09. The van der Waals surface area contributed by atoms with E-state index in [1.54, 1.807) is 17.5 Å². The number of nitrogens with zero attached hydrogens (tertiary/aromatic N) is 1. The second-order valence-electron chi connectivity index (χ2n) is 5.11. The van der Waals surface area contributed by atoms with Gasteiger partial charge in [0.05, 0.1) is 11.4 Å². The summed E-state index contributed by atoms with van der Waals surface area (Å²) in [6.45, 7) is 8.66. The van der Waals surface area contributed by atoms with E-state index in [9.17, 15) is 4.79 Å². The van der Waals surface area contributed by atoms with Crippen LogP contribution in [0.15, 0.2) is 11.6 Å². The lowest BCUT2D eigenvalue weighted by molar-refractivity contribution is -0.120. The van der Waals surface area contributed by atoms with Crippen molar-refractivity contribution in [2.75, 3.05) is 0 Å². The number of hydrogen-bond donors (Lipinski definition) is 0. The van der Waals surface area contributed by atoms with Crippen LogP contribution in [0.25, 0.3) is 0 Å². The molecule has 0 amide bonds. The van der Waals surface area contributed by atoms with Crippen molar-refractivity contribution in [2.24, 2.45) is 11.3 Å². The molecule has 0 bridgehead atoms. The Morgan fingerprint density at radius 2 is 2.20 bits per heavy atom. The molecule has 1 atom stereocenters. The molecule has 0 spiro atoms. The van der Waals surface area contributed by atoms with E-state index in [2.05, 4.69) is 32.7 Å². The van der Waals surface area contributed by atoms with E-state index in [1.807, 2.05) is 5.38 Å². The first-order chi connectivity index (χ1) is 6.89. The lowest BCUT2D eigenvalue weighted by Gasteiger charge is -2.26. The number of ketones is 1. The third kappa shape index (κ3) is 4.12. The summed E-state index contributed by atoms with van der Waals surface area (Å²) in [5.41, 5.74) is 0.207. The maximum Gasteiger partial charge on any atom is 0.139 e. The molecule has 1 unspecified atom stereocenters. The van der Waals surface area contributed by atoms with E-state index in [-0.39, 0.29) is 5.41 Å². The van der Waals surface area contributed by atoms with Crippen molar-refractivity contribution < 1.29 is 4.79 Å². The summed E-state index contributed by atoms with van der Waals surface area (Å²) in [5, 5.41) is 2.84. The summed E-state index contributed by atoms with van der Waals surface area (Å²) in [7, 11) is 0. The van der Waals surface area contributed by atoms with Crippen LogP contribution < -0.4 is 0 Å². The fourth-order valence-corrected chi connectivity index (χ4v) is 1.87. The van der Waals surface area contributed by atoms with Crippen LogP contribution in [0.5, 0.6) is 0 Å². The van der Waals surface area contributed by atoms with Crippen molar-refractivity contribution >= 4 is 17.1 Å². The molecule has 0 fully saturated rings. The summed E-state index contributed by atoms with van der Waals surface area (Å²) in [5.74, 6) is 0.720. The van der Waals surface area contributed by atoms with Crippen molar-refractivity contribution in [3.63, 3.8) is 0 Å². The number of Topliss-reactive ketones (excluding diaryl/α,β-unsaturated/α-hetero) is 1. The van der Waals surface area contributed by atoms with Gasteiger partial charge in [-0.2, -0.15) is 0 Å². The molecule has 1 rings (SSSR count). The molecular weight excluding hydrogens is 206 g/mol. The summed E-state index contributed by atoms with van der Waals surface area (Å²) < 4.78 is 0. The standard InChI is InChI=1S/C12H19NOS/c1-9(12(2,3)4)7-10(14)8-11-13-5-6-15-11/h5-6,9H,7-8H2,1-4H3. The highest BCUT2D eigenvalue weighted by Crippen LogP contribution is 2.28. The van der Waals surface area contributed by atoms with Crippen molar-refractivity contribution in [3.05, 3.63) is 16.6 Å². The first kappa shape index (κ1) is 12.4. The van der Waals surface area contributed by atoms with Crippen LogP contribution >= 0.6 is 11.3 Å². The van der Waals surface area contributed by atoms with E-state index >= 15 is 0 Å². The first-order valence-electron chi connectivity index (χ1n) is 5.29. The van der Waals surface area contributed by atoms with Gasteiger partial charge in [0.15, 0.2) is 0 Å². The van der Waals surface area contributed by atoms with Gasteiger partial charge in [0.1, 0.15) is 5.78 Å². The monoisotopic (exact) mass is 225 g/mol. The van der Waals surface area contributed by atoms with Gasteiger partial charge >= 0.3 is 0 Å². The Kier molecular flexibility index (Phi) is 4.03. The summed E-state index contributed by atoms with van der Waals surface area (Å²) >= 11 is 1.55. The van der Waals surface area contributed by atoms with E-state index in [0.717, 1.165) is 5.01 Å². The van der Waals surface area contributed by atoms with Gasteiger partial charge in [-0.15, -0.1) is 11.3 Å². The lowest BCUT2D eigenvalue weighted by Crippen LogP contribution is -2.21. The molecule has 2 nitrogen and oxygen atoms in total. The molecule has 0 aliphatic rings. The summed E-state index contributed by atoms with van der Waals surface area (Å²) in [4.78, 5) is 15.9. The second-order valence-corrected chi connectivity index (χ2v) is 6.09. The molecule has 0 aliphatic carbocycles. The van der Waals surface area contributed by atoms with E-state index in [1.165, 1.54) is 0 Å². The van der Waals surface area contributed by atoms with Crippen molar-refractivity contribution in [3.8, 4) is 0 Å². The molecule has 0 aliphatic heterocycles. The van der Waals surface area contributed by atoms with Crippen molar-refractivity contribution in [1.82, 2.24) is 4.98 Å². The molecule has 15 heavy (non-hydrogen) atoms. The molecule has 1 aromatic rings. The number of carbonyl (C=O) groups excluding carboxylic acids is 1. The highest BCUT2D eigenvalue weighted by atomic mass is 32.1. The van der Waals surface area contributed by atoms with Gasteiger partial charge in [-0.3, -0.25) is 4.79 Å². The maximum atomic E-state index is 11.7. The van der Waals surface area contributed by atoms with Gasteiger partial charge in [0.2, 0.25) is 0 Å². The highest BCUT2D eigenvalue weighted by Gasteiger charge is 2.22. The molecule has 0 radical (unpaired) electrons.